The fourth-order valence-corrected chi connectivity index (χ4v) is 1.86. The second-order valence-corrected chi connectivity index (χ2v) is 5.35. The number of hydrogen-bond donors (Lipinski definition) is 0. The van der Waals surface area contributed by atoms with Crippen LogP contribution in [0.3, 0.4) is 0 Å². The summed E-state index contributed by atoms with van der Waals surface area (Å²) in [7, 11) is 0. The number of Topliss-reactive ketones (excluding diaryl/α,β-unsaturated/α-hetero) is 1. The highest BCUT2D eigenvalue weighted by Gasteiger charge is 2.16. The summed E-state index contributed by atoms with van der Waals surface area (Å²) in [6.45, 7) is 9.62. The quantitative estimate of drug-likeness (QED) is 0.722. The molecule has 3 heteroatoms. The van der Waals surface area contributed by atoms with Crippen molar-refractivity contribution >= 4 is 5.78 Å². The Balaban J connectivity index is 2.72. The van der Waals surface area contributed by atoms with Crippen LogP contribution in [0.5, 0.6) is 0 Å². The van der Waals surface area contributed by atoms with Gasteiger partial charge in [0, 0.05) is 18.2 Å². The molecule has 1 aromatic carbocycles. The number of halogens is 1. The lowest BCUT2D eigenvalue weighted by Gasteiger charge is -2.27. The Bertz CT molecular complexity index is 401. The van der Waals surface area contributed by atoms with Gasteiger partial charge in [0.05, 0.1) is 6.54 Å². The maximum Gasteiger partial charge on any atom is 0.176 e. The van der Waals surface area contributed by atoms with Crippen LogP contribution in [0.1, 0.15) is 38.1 Å². The molecule has 0 N–H and O–H groups in total. The summed E-state index contributed by atoms with van der Waals surface area (Å²) in [4.78, 5) is 14.2. The fourth-order valence-electron chi connectivity index (χ4n) is 1.86. The molecule has 2 nitrogen and oxygen atoms in total. The molecule has 0 atom stereocenters. The smallest absolute Gasteiger partial charge is 0.176 e. The van der Waals surface area contributed by atoms with E-state index in [1.807, 2.05) is 0 Å². The van der Waals surface area contributed by atoms with Gasteiger partial charge in [-0.15, -0.1) is 0 Å². The minimum Gasteiger partial charge on any atom is -0.293 e. The van der Waals surface area contributed by atoms with Crippen molar-refractivity contribution < 1.29 is 9.18 Å². The van der Waals surface area contributed by atoms with Gasteiger partial charge in [0.15, 0.2) is 5.78 Å². The molecule has 1 aromatic rings. The highest BCUT2D eigenvalue weighted by atomic mass is 19.1. The summed E-state index contributed by atoms with van der Waals surface area (Å²) in [6.07, 6.45) is 0. The van der Waals surface area contributed by atoms with Gasteiger partial charge in [0.25, 0.3) is 0 Å². The van der Waals surface area contributed by atoms with Gasteiger partial charge in [-0.2, -0.15) is 0 Å². The molecule has 0 saturated carbocycles. The summed E-state index contributed by atoms with van der Waals surface area (Å²) < 4.78 is 13.1. The normalized spacial score (nSPS) is 11.6. The van der Waals surface area contributed by atoms with Gasteiger partial charge in [-0.1, -0.05) is 26.0 Å². The van der Waals surface area contributed by atoms with Crippen LogP contribution >= 0.6 is 0 Å². The Morgan fingerprint density at radius 1 is 1.28 bits per heavy atom. The number of carbonyl (C=O) groups excluding carboxylic acids is 1. The van der Waals surface area contributed by atoms with Gasteiger partial charge >= 0.3 is 0 Å². The first-order valence-corrected chi connectivity index (χ1v) is 6.43. The molecule has 100 valence electrons. The summed E-state index contributed by atoms with van der Waals surface area (Å²) >= 11 is 0. The molecule has 0 aliphatic rings. The van der Waals surface area contributed by atoms with E-state index >= 15 is 0 Å². The van der Waals surface area contributed by atoms with Crippen molar-refractivity contribution in [1.82, 2.24) is 4.90 Å². The molecular weight excluding hydrogens is 229 g/mol. The first-order chi connectivity index (χ1) is 8.40. The number of benzene rings is 1. The van der Waals surface area contributed by atoms with Gasteiger partial charge in [0.1, 0.15) is 5.82 Å². The maximum absolute atomic E-state index is 13.1. The van der Waals surface area contributed by atoms with E-state index in [1.54, 1.807) is 12.1 Å². The molecule has 18 heavy (non-hydrogen) atoms. The molecule has 0 saturated heterocycles. The van der Waals surface area contributed by atoms with Crippen molar-refractivity contribution in [3.63, 3.8) is 0 Å². The van der Waals surface area contributed by atoms with E-state index < -0.39 is 0 Å². The van der Waals surface area contributed by atoms with Gasteiger partial charge in [-0.25, -0.2) is 4.39 Å². The summed E-state index contributed by atoms with van der Waals surface area (Å²) in [5, 5.41) is 0. The van der Waals surface area contributed by atoms with Gasteiger partial charge < -0.3 is 0 Å². The van der Waals surface area contributed by atoms with Gasteiger partial charge in [-0.05, 0) is 31.9 Å². The number of nitrogens with zero attached hydrogens (tertiary/aromatic N) is 1. The molecule has 0 bridgehead atoms. The lowest BCUT2D eigenvalue weighted by molar-refractivity contribution is 0.0892. The summed E-state index contributed by atoms with van der Waals surface area (Å²) in [6, 6.07) is 6.20. The van der Waals surface area contributed by atoms with Crippen LogP contribution in [-0.2, 0) is 0 Å². The molecule has 0 aromatic heterocycles. The van der Waals surface area contributed by atoms with Gasteiger partial charge in [0.2, 0.25) is 0 Å². The zero-order chi connectivity index (χ0) is 13.7. The monoisotopic (exact) mass is 251 g/mol. The van der Waals surface area contributed by atoms with Crippen LogP contribution in [0.4, 0.5) is 4.39 Å². The van der Waals surface area contributed by atoms with Crippen molar-refractivity contribution in [2.45, 2.75) is 33.7 Å². The molecule has 0 aliphatic carbocycles. The summed E-state index contributed by atoms with van der Waals surface area (Å²) in [5.74, 6) is 0.123. The van der Waals surface area contributed by atoms with Crippen LogP contribution in [0, 0.1) is 11.7 Å². The summed E-state index contributed by atoms with van der Waals surface area (Å²) in [5.41, 5.74) is 0.449. The van der Waals surface area contributed by atoms with Crippen LogP contribution in [-0.4, -0.2) is 29.8 Å². The fraction of sp³-hybridized carbons (Fsp3) is 0.533. The van der Waals surface area contributed by atoms with Crippen molar-refractivity contribution in [3.05, 3.63) is 35.6 Å². The predicted molar refractivity (Wildman–Crippen MR) is 72.3 cm³/mol. The van der Waals surface area contributed by atoms with E-state index in [4.69, 9.17) is 0 Å². The zero-order valence-corrected chi connectivity index (χ0v) is 11.6. The molecule has 0 heterocycles. The Morgan fingerprint density at radius 3 is 2.44 bits per heavy atom. The molecule has 0 aliphatic heterocycles. The molecule has 0 spiro atoms. The van der Waals surface area contributed by atoms with Gasteiger partial charge in [-0.3, -0.25) is 9.69 Å². The average Bonchev–Trinajstić information content (AvgIpc) is 2.27. The number of rotatable bonds is 6. The average molecular weight is 251 g/mol. The third kappa shape index (κ3) is 4.57. The van der Waals surface area contributed by atoms with Crippen molar-refractivity contribution in [1.29, 1.82) is 0 Å². The van der Waals surface area contributed by atoms with E-state index in [1.165, 1.54) is 12.1 Å². The lowest BCUT2D eigenvalue weighted by Crippen LogP contribution is -2.38. The zero-order valence-electron chi connectivity index (χ0n) is 11.6. The second kappa shape index (κ2) is 6.64. The van der Waals surface area contributed by atoms with Crippen LogP contribution < -0.4 is 0 Å². The Hall–Kier alpha value is -1.22. The van der Waals surface area contributed by atoms with E-state index in [9.17, 15) is 9.18 Å². The molecule has 0 fully saturated rings. The highest BCUT2D eigenvalue weighted by molar-refractivity contribution is 5.97. The first kappa shape index (κ1) is 14.8. The van der Waals surface area contributed by atoms with Crippen molar-refractivity contribution in [3.8, 4) is 0 Å². The maximum atomic E-state index is 13.1. The van der Waals surface area contributed by atoms with E-state index in [-0.39, 0.29) is 11.6 Å². The Kier molecular flexibility index (Phi) is 5.48. The number of hydrogen-bond acceptors (Lipinski definition) is 2. The Morgan fingerprint density at radius 2 is 1.94 bits per heavy atom. The first-order valence-electron chi connectivity index (χ1n) is 6.43. The molecule has 0 radical (unpaired) electrons. The van der Waals surface area contributed by atoms with Crippen LogP contribution in [0.25, 0.3) is 0 Å². The third-order valence-corrected chi connectivity index (χ3v) is 2.82. The molecule has 0 unspecified atom stereocenters. The van der Waals surface area contributed by atoms with Crippen LogP contribution in [0.2, 0.25) is 0 Å². The van der Waals surface area contributed by atoms with E-state index in [2.05, 4.69) is 32.6 Å². The lowest BCUT2D eigenvalue weighted by atomic mass is 10.1. The Labute approximate surface area is 109 Å². The molecular formula is C15H22FNO. The second-order valence-electron chi connectivity index (χ2n) is 5.35. The van der Waals surface area contributed by atoms with Crippen molar-refractivity contribution in [2.75, 3.05) is 13.1 Å². The third-order valence-electron chi connectivity index (χ3n) is 2.82. The van der Waals surface area contributed by atoms with E-state index in [0.717, 1.165) is 6.54 Å². The predicted octanol–water partition coefficient (Wildman–Crippen LogP) is 3.37. The van der Waals surface area contributed by atoms with E-state index in [0.29, 0.717) is 24.1 Å². The van der Waals surface area contributed by atoms with Crippen molar-refractivity contribution in [2.24, 2.45) is 5.92 Å². The standard InChI is InChI=1S/C15H22FNO/c1-11(2)9-17(12(3)4)10-15(18)13-6-5-7-14(16)8-13/h5-8,11-12H,9-10H2,1-4H3. The number of carbonyl (C=O) groups is 1. The highest BCUT2D eigenvalue weighted by Crippen LogP contribution is 2.09. The largest absolute Gasteiger partial charge is 0.293 e. The topological polar surface area (TPSA) is 20.3 Å². The minimum absolute atomic E-state index is 0.0242. The number of ketones is 1. The molecule has 0 amide bonds. The minimum atomic E-state index is -0.360. The SMILES string of the molecule is CC(C)CN(CC(=O)c1cccc(F)c1)C(C)C. The van der Waals surface area contributed by atoms with Crippen LogP contribution in [0.15, 0.2) is 24.3 Å². The molecule has 1 rings (SSSR count).